The van der Waals surface area contributed by atoms with E-state index in [1.807, 2.05) is 99.5 Å². The molecule has 2 atom stereocenters. The maximum absolute atomic E-state index is 13.4. The normalized spacial score (nSPS) is 17.7. The molecule has 0 aliphatic carbocycles. The van der Waals surface area contributed by atoms with Crippen LogP contribution in [0.5, 0.6) is 11.5 Å². The molecule has 4 rings (SSSR count). The van der Waals surface area contributed by atoms with Crippen LogP contribution < -0.4 is 10.1 Å². The molecule has 2 aliphatic rings. The molecule has 37 heavy (non-hydrogen) atoms. The third kappa shape index (κ3) is 6.25. The Labute approximate surface area is 222 Å². The van der Waals surface area contributed by atoms with Crippen molar-refractivity contribution in [3.05, 3.63) is 82.5 Å². The van der Waals surface area contributed by atoms with Gasteiger partial charge in [0.15, 0.2) is 5.17 Å². The minimum absolute atomic E-state index is 0.0695. The molecule has 0 aromatic heterocycles. The van der Waals surface area contributed by atoms with Crippen molar-refractivity contribution in [1.29, 1.82) is 0 Å². The summed E-state index contributed by atoms with van der Waals surface area (Å²) in [7, 11) is 0. The van der Waals surface area contributed by atoms with E-state index in [-0.39, 0.29) is 24.5 Å². The summed E-state index contributed by atoms with van der Waals surface area (Å²) in [6.07, 6.45) is 0.745. The molecule has 0 bridgehead atoms. The largest absolute Gasteiger partial charge is 0.459 e. The molecule has 0 radical (unpaired) electrons. The van der Waals surface area contributed by atoms with Crippen LogP contribution in [0.15, 0.2) is 82.0 Å². The quantitative estimate of drug-likeness (QED) is 0.391. The van der Waals surface area contributed by atoms with Crippen molar-refractivity contribution >= 4 is 28.8 Å². The minimum atomic E-state index is -0.518. The lowest BCUT2D eigenvalue weighted by atomic mass is 9.93. The fraction of sp³-hybridized carbons (Fsp3) is 0.345. The van der Waals surface area contributed by atoms with Crippen molar-refractivity contribution in [3.63, 3.8) is 0 Å². The molecule has 0 spiro atoms. The predicted octanol–water partition coefficient (Wildman–Crippen LogP) is 6.31. The fourth-order valence-electron chi connectivity index (χ4n) is 4.19. The second-order valence-corrected chi connectivity index (χ2v) is 10.2. The summed E-state index contributed by atoms with van der Waals surface area (Å²) in [6.45, 7) is 9.49. The fourth-order valence-corrected chi connectivity index (χ4v) is 5.15. The summed E-state index contributed by atoms with van der Waals surface area (Å²) in [6, 6.07) is 16.8. The molecule has 2 aromatic carbocycles. The summed E-state index contributed by atoms with van der Waals surface area (Å²) < 4.78 is 11.7. The molecule has 0 saturated heterocycles. The maximum atomic E-state index is 13.4. The van der Waals surface area contributed by atoms with E-state index in [9.17, 15) is 9.59 Å². The molecule has 0 unspecified atom stereocenters. The molecular weight excluding hydrogens is 486 g/mol. The predicted molar refractivity (Wildman–Crippen MR) is 147 cm³/mol. The first kappa shape index (κ1) is 26.5. The smallest absolute Gasteiger partial charge is 0.338 e. The topological polar surface area (TPSA) is 80.2 Å². The van der Waals surface area contributed by atoms with Crippen molar-refractivity contribution in [1.82, 2.24) is 10.2 Å². The summed E-state index contributed by atoms with van der Waals surface area (Å²) in [4.78, 5) is 32.9. The molecule has 2 aliphatic heterocycles. The van der Waals surface area contributed by atoms with Gasteiger partial charge in [-0.3, -0.25) is 4.79 Å². The first-order valence-electron chi connectivity index (χ1n) is 12.5. The van der Waals surface area contributed by atoms with Crippen LogP contribution in [0.1, 0.15) is 59.1 Å². The van der Waals surface area contributed by atoms with Crippen LogP contribution in [0.25, 0.3) is 0 Å². The number of carbonyl (C=O) groups is 2. The molecule has 2 heterocycles. The van der Waals surface area contributed by atoms with Gasteiger partial charge in [0.25, 0.3) is 0 Å². The lowest BCUT2D eigenvalue weighted by Crippen LogP contribution is -2.39. The van der Waals surface area contributed by atoms with Gasteiger partial charge in [-0.25, -0.2) is 9.79 Å². The number of ether oxygens (including phenoxy) is 2. The maximum Gasteiger partial charge on any atom is 0.338 e. The standard InChI is InChI=1S/C29H33N3O4S/c1-6-19(4)30-25(33)16-22-17-37-29-31-20(5)26(28(34)35-18(2)3)27(32(22)29)21-11-10-14-24(15-21)36-23-12-8-7-9-13-23/h7-15,17-19,27H,6,16H2,1-5H3,(H,30,33)/t19-,27+/m1/s1. The summed E-state index contributed by atoms with van der Waals surface area (Å²) in [5.41, 5.74) is 2.67. The van der Waals surface area contributed by atoms with E-state index in [0.29, 0.717) is 17.0 Å². The van der Waals surface area contributed by atoms with Gasteiger partial charge in [-0.1, -0.05) is 49.0 Å². The summed E-state index contributed by atoms with van der Waals surface area (Å²) in [5, 5.41) is 5.70. The number of hydrogen-bond donors (Lipinski definition) is 1. The van der Waals surface area contributed by atoms with Gasteiger partial charge in [0.1, 0.15) is 11.5 Å². The van der Waals surface area contributed by atoms with Crippen LogP contribution in [-0.4, -0.2) is 34.1 Å². The van der Waals surface area contributed by atoms with E-state index >= 15 is 0 Å². The van der Waals surface area contributed by atoms with E-state index in [1.165, 1.54) is 11.8 Å². The number of fused-ring (bicyclic) bond motifs is 1. The Hall–Kier alpha value is -3.52. The first-order chi connectivity index (χ1) is 17.8. The van der Waals surface area contributed by atoms with Crippen LogP contribution in [0.2, 0.25) is 0 Å². The zero-order valence-corrected chi connectivity index (χ0v) is 22.7. The van der Waals surface area contributed by atoms with E-state index in [2.05, 4.69) is 5.32 Å². The number of nitrogens with zero attached hydrogens (tertiary/aromatic N) is 2. The first-order valence-corrected chi connectivity index (χ1v) is 13.4. The monoisotopic (exact) mass is 519 g/mol. The van der Waals surface area contributed by atoms with E-state index < -0.39 is 12.0 Å². The Balaban J connectivity index is 1.72. The number of aliphatic imine (C=N–C) groups is 1. The number of para-hydroxylation sites is 1. The van der Waals surface area contributed by atoms with Crippen molar-refractivity contribution in [3.8, 4) is 11.5 Å². The van der Waals surface area contributed by atoms with Crippen LogP contribution in [0, 0.1) is 0 Å². The molecule has 1 amide bonds. The zero-order valence-electron chi connectivity index (χ0n) is 21.9. The summed E-state index contributed by atoms with van der Waals surface area (Å²) >= 11 is 1.45. The number of allylic oxidation sites excluding steroid dienone is 1. The van der Waals surface area contributed by atoms with Gasteiger partial charge in [-0.05, 0) is 69.4 Å². The van der Waals surface area contributed by atoms with Crippen molar-refractivity contribution in [2.24, 2.45) is 4.99 Å². The van der Waals surface area contributed by atoms with E-state index in [4.69, 9.17) is 14.5 Å². The van der Waals surface area contributed by atoms with Crippen LogP contribution in [-0.2, 0) is 14.3 Å². The minimum Gasteiger partial charge on any atom is -0.459 e. The van der Waals surface area contributed by atoms with Gasteiger partial charge in [-0.2, -0.15) is 0 Å². The van der Waals surface area contributed by atoms with Crippen LogP contribution in [0.3, 0.4) is 0 Å². The lowest BCUT2D eigenvalue weighted by Gasteiger charge is -2.36. The van der Waals surface area contributed by atoms with Crippen molar-refractivity contribution in [2.75, 3.05) is 0 Å². The Bertz CT molecular complexity index is 1250. The molecule has 194 valence electrons. The van der Waals surface area contributed by atoms with E-state index in [1.54, 1.807) is 0 Å². The number of benzene rings is 2. The average Bonchev–Trinajstić information content (AvgIpc) is 3.24. The molecule has 7 nitrogen and oxygen atoms in total. The molecule has 2 aromatic rings. The Morgan fingerprint density at radius 3 is 2.51 bits per heavy atom. The second kappa shape index (κ2) is 11.7. The van der Waals surface area contributed by atoms with Crippen LogP contribution >= 0.6 is 11.8 Å². The molecule has 0 saturated carbocycles. The Kier molecular flexibility index (Phi) is 8.38. The van der Waals surface area contributed by atoms with E-state index in [0.717, 1.165) is 28.6 Å². The number of rotatable bonds is 9. The zero-order chi connectivity index (χ0) is 26.5. The van der Waals surface area contributed by atoms with Gasteiger partial charge < -0.3 is 19.7 Å². The highest BCUT2D eigenvalue weighted by molar-refractivity contribution is 8.16. The number of amides is 1. The number of amidine groups is 1. The van der Waals surface area contributed by atoms with Crippen molar-refractivity contribution in [2.45, 2.75) is 65.6 Å². The van der Waals surface area contributed by atoms with Gasteiger partial charge in [0.2, 0.25) is 5.91 Å². The average molecular weight is 520 g/mol. The number of nitrogens with one attached hydrogen (secondary N) is 1. The van der Waals surface area contributed by atoms with Gasteiger partial charge >= 0.3 is 5.97 Å². The Morgan fingerprint density at radius 1 is 1.08 bits per heavy atom. The molecule has 8 heteroatoms. The molecule has 0 fully saturated rings. The Morgan fingerprint density at radius 2 is 1.81 bits per heavy atom. The molecule has 1 N–H and O–H groups in total. The third-order valence-corrected chi connectivity index (χ3v) is 6.97. The van der Waals surface area contributed by atoms with Gasteiger partial charge in [0, 0.05) is 11.7 Å². The highest BCUT2D eigenvalue weighted by Gasteiger charge is 2.41. The number of thioether (sulfide) groups is 1. The van der Waals surface area contributed by atoms with Gasteiger partial charge in [-0.15, -0.1) is 0 Å². The molecular formula is C29H33N3O4S. The lowest BCUT2D eigenvalue weighted by molar-refractivity contribution is -0.143. The highest BCUT2D eigenvalue weighted by Crippen LogP contribution is 2.45. The number of hydrogen-bond acceptors (Lipinski definition) is 7. The SMILES string of the molecule is CC[C@@H](C)NC(=O)CC1=CSC2=NC(C)=C(C(=O)OC(C)C)[C@H](c3cccc(Oc4ccccc4)c3)N12. The third-order valence-electron chi connectivity index (χ3n) is 6.08. The second-order valence-electron chi connectivity index (χ2n) is 9.39. The number of carbonyl (C=O) groups excluding carboxylic acids is 2. The van der Waals surface area contributed by atoms with Crippen LogP contribution in [0.4, 0.5) is 0 Å². The number of esters is 1. The van der Waals surface area contributed by atoms with Gasteiger partial charge in [0.05, 0.1) is 29.8 Å². The summed E-state index contributed by atoms with van der Waals surface area (Å²) in [5.74, 6) is 0.875. The van der Waals surface area contributed by atoms with Crippen molar-refractivity contribution < 1.29 is 19.1 Å². The highest BCUT2D eigenvalue weighted by atomic mass is 32.2.